The quantitative estimate of drug-likeness (QED) is 0.765. The lowest BCUT2D eigenvalue weighted by atomic mass is 10.1. The van der Waals surface area contributed by atoms with E-state index in [9.17, 15) is 0 Å². The van der Waals surface area contributed by atoms with Crippen molar-refractivity contribution in [3.63, 3.8) is 0 Å². The summed E-state index contributed by atoms with van der Waals surface area (Å²) in [4.78, 5) is 4.16. The molecule has 4 heteroatoms. The van der Waals surface area contributed by atoms with Gasteiger partial charge in [-0.15, -0.1) is 0 Å². The number of aromatic amines is 1. The van der Waals surface area contributed by atoms with Crippen molar-refractivity contribution in [3.8, 4) is 11.3 Å². The van der Waals surface area contributed by atoms with Crippen LogP contribution in [-0.2, 0) is 6.54 Å². The van der Waals surface area contributed by atoms with Gasteiger partial charge in [0.15, 0.2) is 0 Å². The van der Waals surface area contributed by atoms with E-state index in [1.54, 1.807) is 6.20 Å². The fourth-order valence-electron chi connectivity index (χ4n) is 2.34. The zero-order valence-corrected chi connectivity index (χ0v) is 12.2. The van der Waals surface area contributed by atoms with E-state index in [0.717, 1.165) is 29.1 Å². The molecule has 0 unspecified atom stereocenters. The summed E-state index contributed by atoms with van der Waals surface area (Å²) < 4.78 is 0. The van der Waals surface area contributed by atoms with E-state index >= 15 is 0 Å². The Balaban J connectivity index is 1.81. The predicted octanol–water partition coefficient (Wildman–Crippen LogP) is 3.70. The molecule has 106 valence electrons. The average molecular weight is 278 g/mol. The molecule has 0 amide bonds. The van der Waals surface area contributed by atoms with E-state index in [0.29, 0.717) is 0 Å². The van der Waals surface area contributed by atoms with Crippen LogP contribution in [0.15, 0.2) is 48.9 Å². The number of nitrogens with one attached hydrogen (secondary N) is 2. The second kappa shape index (κ2) is 5.79. The van der Waals surface area contributed by atoms with Gasteiger partial charge in [-0.2, -0.15) is 5.10 Å². The van der Waals surface area contributed by atoms with Crippen molar-refractivity contribution in [1.29, 1.82) is 0 Å². The summed E-state index contributed by atoms with van der Waals surface area (Å²) in [5.41, 5.74) is 6.93. The van der Waals surface area contributed by atoms with Gasteiger partial charge in [-0.05, 0) is 43.2 Å². The summed E-state index contributed by atoms with van der Waals surface area (Å²) >= 11 is 0. The van der Waals surface area contributed by atoms with Gasteiger partial charge in [0.1, 0.15) is 0 Å². The molecule has 2 heterocycles. The van der Waals surface area contributed by atoms with Gasteiger partial charge in [0.2, 0.25) is 0 Å². The molecule has 0 radical (unpaired) electrons. The maximum Gasteiger partial charge on any atom is 0.0715 e. The molecule has 0 bridgehead atoms. The molecule has 1 aromatic carbocycles. The van der Waals surface area contributed by atoms with Gasteiger partial charge in [-0.1, -0.05) is 12.1 Å². The topological polar surface area (TPSA) is 53.6 Å². The summed E-state index contributed by atoms with van der Waals surface area (Å²) in [5, 5.41) is 10.7. The first-order chi connectivity index (χ1) is 10.3. The van der Waals surface area contributed by atoms with Crippen LogP contribution in [0.1, 0.15) is 16.7 Å². The molecule has 21 heavy (non-hydrogen) atoms. The normalized spacial score (nSPS) is 10.6. The predicted molar refractivity (Wildman–Crippen MR) is 85.1 cm³/mol. The van der Waals surface area contributed by atoms with Crippen molar-refractivity contribution >= 4 is 5.69 Å². The summed E-state index contributed by atoms with van der Waals surface area (Å²) in [6.07, 6.45) is 5.48. The zero-order valence-electron chi connectivity index (χ0n) is 12.2. The minimum Gasteiger partial charge on any atom is -0.381 e. The van der Waals surface area contributed by atoms with Gasteiger partial charge in [-0.3, -0.25) is 10.1 Å². The average Bonchev–Trinajstić information content (AvgIpc) is 2.98. The first-order valence-electron chi connectivity index (χ1n) is 6.98. The van der Waals surface area contributed by atoms with Crippen molar-refractivity contribution in [2.45, 2.75) is 20.4 Å². The Morgan fingerprint density at radius 3 is 2.81 bits per heavy atom. The third kappa shape index (κ3) is 2.79. The summed E-state index contributed by atoms with van der Waals surface area (Å²) in [6.45, 7) is 4.99. The van der Waals surface area contributed by atoms with E-state index in [4.69, 9.17) is 0 Å². The van der Waals surface area contributed by atoms with E-state index in [-0.39, 0.29) is 0 Å². The van der Waals surface area contributed by atoms with Crippen LogP contribution in [-0.4, -0.2) is 15.2 Å². The van der Waals surface area contributed by atoms with E-state index in [1.165, 1.54) is 11.1 Å². The molecule has 0 saturated carbocycles. The molecule has 4 nitrogen and oxygen atoms in total. The molecule has 2 aromatic heterocycles. The SMILES string of the molecule is Cc1cccc(NCc2cn[nH]c2-c2cccnc2)c1C. The fourth-order valence-corrected chi connectivity index (χ4v) is 2.34. The van der Waals surface area contributed by atoms with Gasteiger partial charge in [-0.25, -0.2) is 0 Å². The maximum absolute atomic E-state index is 4.16. The van der Waals surface area contributed by atoms with E-state index in [1.807, 2.05) is 24.5 Å². The largest absolute Gasteiger partial charge is 0.381 e. The molecule has 3 aromatic rings. The van der Waals surface area contributed by atoms with Crippen LogP contribution >= 0.6 is 0 Å². The second-order valence-corrected chi connectivity index (χ2v) is 5.11. The zero-order chi connectivity index (χ0) is 14.7. The first kappa shape index (κ1) is 13.4. The van der Waals surface area contributed by atoms with Crippen LogP contribution in [0, 0.1) is 13.8 Å². The number of nitrogens with zero attached hydrogens (tertiary/aromatic N) is 2. The van der Waals surface area contributed by atoms with Crippen LogP contribution in [0.2, 0.25) is 0 Å². The maximum atomic E-state index is 4.16. The highest BCUT2D eigenvalue weighted by Crippen LogP contribution is 2.23. The van der Waals surface area contributed by atoms with Crippen molar-refractivity contribution in [2.24, 2.45) is 0 Å². The number of pyridine rings is 1. The summed E-state index contributed by atoms with van der Waals surface area (Å²) in [7, 11) is 0. The number of hydrogen-bond acceptors (Lipinski definition) is 3. The van der Waals surface area contributed by atoms with Gasteiger partial charge >= 0.3 is 0 Å². The Bertz CT molecular complexity index is 732. The molecule has 3 rings (SSSR count). The Labute approximate surface area is 124 Å². The Kier molecular flexibility index (Phi) is 3.69. The van der Waals surface area contributed by atoms with E-state index < -0.39 is 0 Å². The highest BCUT2D eigenvalue weighted by Gasteiger charge is 2.08. The number of anilines is 1. The van der Waals surface area contributed by atoms with Crippen LogP contribution in [0.3, 0.4) is 0 Å². The molecule has 0 aliphatic rings. The van der Waals surface area contributed by atoms with Crippen LogP contribution in [0.25, 0.3) is 11.3 Å². The van der Waals surface area contributed by atoms with Crippen molar-refractivity contribution in [3.05, 3.63) is 65.6 Å². The minimum atomic E-state index is 0.727. The molecular formula is C17H18N4. The molecule has 0 aliphatic carbocycles. The number of rotatable bonds is 4. The fraction of sp³-hybridized carbons (Fsp3) is 0.176. The number of H-pyrrole nitrogens is 1. The Hall–Kier alpha value is -2.62. The van der Waals surface area contributed by atoms with Gasteiger partial charge in [0.05, 0.1) is 11.9 Å². The van der Waals surface area contributed by atoms with Crippen LogP contribution < -0.4 is 5.32 Å². The third-order valence-electron chi connectivity index (χ3n) is 3.74. The van der Waals surface area contributed by atoms with Crippen molar-refractivity contribution < 1.29 is 0 Å². The molecule has 0 atom stereocenters. The molecule has 2 N–H and O–H groups in total. The van der Waals surface area contributed by atoms with Gasteiger partial charge in [0.25, 0.3) is 0 Å². The standard InChI is InChI=1S/C17H18N4/c1-12-5-3-7-16(13(12)2)19-10-15-11-20-21-17(15)14-6-4-8-18-9-14/h3-9,11,19H,10H2,1-2H3,(H,20,21). The number of aryl methyl sites for hydroxylation is 1. The molecule has 0 fully saturated rings. The van der Waals surface area contributed by atoms with Crippen molar-refractivity contribution in [2.75, 3.05) is 5.32 Å². The molecular weight excluding hydrogens is 260 g/mol. The first-order valence-corrected chi connectivity index (χ1v) is 6.98. The molecule has 0 saturated heterocycles. The smallest absolute Gasteiger partial charge is 0.0715 e. The minimum absolute atomic E-state index is 0.727. The monoisotopic (exact) mass is 278 g/mol. The summed E-state index contributed by atoms with van der Waals surface area (Å²) in [5.74, 6) is 0. The highest BCUT2D eigenvalue weighted by atomic mass is 15.1. The number of aromatic nitrogens is 3. The lowest BCUT2D eigenvalue weighted by Crippen LogP contribution is -2.02. The number of hydrogen-bond donors (Lipinski definition) is 2. The molecule has 0 aliphatic heterocycles. The second-order valence-electron chi connectivity index (χ2n) is 5.11. The lowest BCUT2D eigenvalue weighted by molar-refractivity contribution is 1.09. The van der Waals surface area contributed by atoms with Crippen molar-refractivity contribution in [1.82, 2.24) is 15.2 Å². The van der Waals surface area contributed by atoms with E-state index in [2.05, 4.69) is 52.5 Å². The Morgan fingerprint density at radius 1 is 1.10 bits per heavy atom. The summed E-state index contributed by atoms with van der Waals surface area (Å²) in [6, 6.07) is 10.3. The van der Waals surface area contributed by atoms with Gasteiger partial charge < -0.3 is 5.32 Å². The molecule has 0 spiro atoms. The number of benzene rings is 1. The van der Waals surface area contributed by atoms with Crippen LogP contribution in [0.4, 0.5) is 5.69 Å². The van der Waals surface area contributed by atoms with Gasteiger partial charge in [0, 0.05) is 35.8 Å². The lowest BCUT2D eigenvalue weighted by Gasteiger charge is -2.11. The highest BCUT2D eigenvalue weighted by molar-refractivity contribution is 5.62. The van der Waals surface area contributed by atoms with Crippen LogP contribution in [0.5, 0.6) is 0 Å². The Morgan fingerprint density at radius 2 is 2.00 bits per heavy atom. The third-order valence-corrected chi connectivity index (χ3v) is 3.74.